The largest absolute Gasteiger partial charge is 0.479 e. The summed E-state index contributed by atoms with van der Waals surface area (Å²) in [6.07, 6.45) is 0.311. The number of aliphatic carboxylic acids is 1. The molecule has 2 fully saturated rings. The van der Waals surface area contributed by atoms with Gasteiger partial charge in [0.1, 0.15) is 5.54 Å². The maximum atomic E-state index is 12.7. The van der Waals surface area contributed by atoms with Crippen LogP contribution in [0.1, 0.15) is 64.2 Å². The highest BCUT2D eigenvalue weighted by Crippen LogP contribution is 2.41. The van der Waals surface area contributed by atoms with E-state index >= 15 is 0 Å². The number of rotatable bonds is 4. The smallest absolute Gasteiger partial charge is 0.391 e. The fourth-order valence-electron chi connectivity index (χ4n) is 4.15. The van der Waals surface area contributed by atoms with Crippen LogP contribution in [0.15, 0.2) is 0 Å². The SMILES string of the molecule is CN(C(=O)CC1CCC(C(F)(F)F)CC1)C1(C(=O)O)CCCCC1. The molecule has 0 unspecified atom stereocenters. The number of carboxylic acids is 1. The van der Waals surface area contributed by atoms with E-state index in [0.717, 1.165) is 19.3 Å². The fraction of sp³-hybridized carbons (Fsp3) is 0.882. The highest BCUT2D eigenvalue weighted by Gasteiger charge is 2.46. The van der Waals surface area contributed by atoms with Crippen LogP contribution in [-0.4, -0.2) is 40.6 Å². The molecule has 0 aromatic heterocycles. The van der Waals surface area contributed by atoms with Gasteiger partial charge in [0.05, 0.1) is 5.92 Å². The molecule has 7 heteroatoms. The van der Waals surface area contributed by atoms with E-state index in [2.05, 4.69) is 0 Å². The minimum Gasteiger partial charge on any atom is -0.479 e. The Morgan fingerprint density at radius 1 is 1.08 bits per heavy atom. The summed E-state index contributed by atoms with van der Waals surface area (Å²) in [6, 6.07) is 0. The normalized spacial score (nSPS) is 27.5. The van der Waals surface area contributed by atoms with Crippen LogP contribution in [0.5, 0.6) is 0 Å². The second-order valence-electron chi connectivity index (χ2n) is 7.31. The van der Waals surface area contributed by atoms with Crippen LogP contribution in [-0.2, 0) is 9.59 Å². The summed E-state index contributed by atoms with van der Waals surface area (Å²) in [5, 5.41) is 9.62. The van der Waals surface area contributed by atoms with Crippen LogP contribution in [0.2, 0.25) is 0 Å². The van der Waals surface area contributed by atoms with Crippen LogP contribution >= 0.6 is 0 Å². The van der Waals surface area contributed by atoms with Crippen molar-refractivity contribution in [2.45, 2.75) is 75.9 Å². The van der Waals surface area contributed by atoms with Gasteiger partial charge in [0, 0.05) is 13.5 Å². The number of likely N-dealkylation sites (N-methyl/N-ethyl adjacent to an activating group) is 1. The Kier molecular flexibility index (Phi) is 5.81. The maximum absolute atomic E-state index is 12.7. The van der Waals surface area contributed by atoms with Gasteiger partial charge in [-0.2, -0.15) is 13.2 Å². The molecule has 0 saturated heterocycles. The van der Waals surface area contributed by atoms with E-state index in [1.165, 1.54) is 11.9 Å². The summed E-state index contributed by atoms with van der Waals surface area (Å²) in [7, 11) is 1.53. The molecule has 0 aromatic rings. The molecular formula is C17H26F3NO3. The molecule has 4 nitrogen and oxygen atoms in total. The van der Waals surface area contributed by atoms with Gasteiger partial charge in [0.2, 0.25) is 5.91 Å². The first-order valence-electron chi connectivity index (χ1n) is 8.73. The van der Waals surface area contributed by atoms with Crippen molar-refractivity contribution in [3.05, 3.63) is 0 Å². The Labute approximate surface area is 140 Å². The summed E-state index contributed by atoms with van der Waals surface area (Å²) < 4.78 is 38.1. The third-order valence-corrected chi connectivity index (χ3v) is 5.87. The molecule has 0 aromatic carbocycles. The van der Waals surface area contributed by atoms with Gasteiger partial charge >= 0.3 is 12.1 Å². The summed E-state index contributed by atoms with van der Waals surface area (Å²) in [5.74, 6) is -2.56. The molecule has 0 aliphatic heterocycles. The molecule has 0 bridgehead atoms. The van der Waals surface area contributed by atoms with Crippen molar-refractivity contribution in [2.24, 2.45) is 11.8 Å². The zero-order chi connectivity index (χ0) is 18.0. The number of carbonyl (C=O) groups excluding carboxylic acids is 1. The summed E-state index contributed by atoms with van der Waals surface area (Å²) >= 11 is 0. The highest BCUT2D eigenvalue weighted by atomic mass is 19.4. The highest BCUT2D eigenvalue weighted by molar-refractivity contribution is 5.87. The van der Waals surface area contributed by atoms with E-state index in [4.69, 9.17) is 0 Å². The van der Waals surface area contributed by atoms with E-state index in [1.807, 2.05) is 0 Å². The second kappa shape index (κ2) is 7.31. The summed E-state index contributed by atoms with van der Waals surface area (Å²) in [6.45, 7) is 0. The minimum absolute atomic E-state index is 0.0647. The van der Waals surface area contributed by atoms with Gasteiger partial charge < -0.3 is 10.0 Å². The van der Waals surface area contributed by atoms with Gasteiger partial charge in [-0.1, -0.05) is 19.3 Å². The number of alkyl halides is 3. The van der Waals surface area contributed by atoms with Gasteiger partial charge in [-0.25, -0.2) is 4.79 Å². The molecule has 0 atom stereocenters. The number of hydrogen-bond donors (Lipinski definition) is 1. The first-order chi connectivity index (χ1) is 11.2. The van der Waals surface area contributed by atoms with E-state index in [9.17, 15) is 27.9 Å². The molecule has 138 valence electrons. The monoisotopic (exact) mass is 349 g/mol. The number of carboxylic acid groups (broad SMARTS) is 1. The molecule has 2 rings (SSSR count). The number of hydrogen-bond acceptors (Lipinski definition) is 2. The van der Waals surface area contributed by atoms with Gasteiger partial charge in [0.15, 0.2) is 0 Å². The maximum Gasteiger partial charge on any atom is 0.391 e. The van der Waals surface area contributed by atoms with E-state index < -0.39 is 23.6 Å². The molecular weight excluding hydrogens is 323 g/mol. The molecule has 0 spiro atoms. The molecule has 0 heterocycles. The second-order valence-corrected chi connectivity index (χ2v) is 7.31. The lowest BCUT2D eigenvalue weighted by atomic mass is 9.78. The Hall–Kier alpha value is -1.27. The third-order valence-electron chi connectivity index (χ3n) is 5.87. The van der Waals surface area contributed by atoms with Crippen LogP contribution in [0.3, 0.4) is 0 Å². The zero-order valence-corrected chi connectivity index (χ0v) is 14.1. The van der Waals surface area contributed by atoms with Crippen molar-refractivity contribution in [3.63, 3.8) is 0 Å². The Morgan fingerprint density at radius 2 is 1.62 bits per heavy atom. The van der Waals surface area contributed by atoms with Gasteiger partial charge in [-0.3, -0.25) is 4.79 Å². The average molecular weight is 349 g/mol. The molecule has 2 aliphatic rings. The molecule has 2 saturated carbocycles. The van der Waals surface area contributed by atoms with Gasteiger partial charge in [-0.05, 0) is 44.4 Å². The Balaban J connectivity index is 1.93. The van der Waals surface area contributed by atoms with Crippen LogP contribution in [0.4, 0.5) is 13.2 Å². The van der Waals surface area contributed by atoms with Crippen molar-refractivity contribution in [1.82, 2.24) is 4.90 Å². The van der Waals surface area contributed by atoms with Crippen LogP contribution in [0, 0.1) is 11.8 Å². The van der Waals surface area contributed by atoms with E-state index in [1.54, 1.807) is 0 Å². The average Bonchev–Trinajstić information content (AvgIpc) is 2.54. The topological polar surface area (TPSA) is 57.6 Å². The Bertz CT molecular complexity index is 464. The Morgan fingerprint density at radius 3 is 2.08 bits per heavy atom. The van der Waals surface area contributed by atoms with Crippen molar-refractivity contribution < 1.29 is 27.9 Å². The van der Waals surface area contributed by atoms with Crippen molar-refractivity contribution in [1.29, 1.82) is 0 Å². The lowest BCUT2D eigenvalue weighted by molar-refractivity contribution is -0.184. The zero-order valence-electron chi connectivity index (χ0n) is 14.1. The molecule has 24 heavy (non-hydrogen) atoms. The summed E-state index contributed by atoms with van der Waals surface area (Å²) in [4.78, 5) is 25.6. The third kappa shape index (κ3) is 4.03. The molecule has 1 N–H and O–H groups in total. The number of nitrogens with zero attached hydrogens (tertiary/aromatic N) is 1. The standard InChI is InChI=1S/C17H26F3NO3/c1-21(16(15(23)24)9-3-2-4-10-16)14(22)11-12-5-7-13(8-6-12)17(18,19)20/h12-13H,2-11H2,1H3,(H,23,24). The predicted molar refractivity (Wildman–Crippen MR) is 82.3 cm³/mol. The lowest BCUT2D eigenvalue weighted by Gasteiger charge is -2.41. The lowest BCUT2D eigenvalue weighted by Crippen LogP contribution is -2.56. The van der Waals surface area contributed by atoms with Crippen molar-refractivity contribution in [3.8, 4) is 0 Å². The van der Waals surface area contributed by atoms with Crippen LogP contribution in [0.25, 0.3) is 0 Å². The summed E-state index contributed by atoms with van der Waals surface area (Å²) in [5.41, 5.74) is -1.14. The van der Waals surface area contributed by atoms with Gasteiger partial charge in [-0.15, -0.1) is 0 Å². The number of amides is 1. The number of halogens is 3. The quantitative estimate of drug-likeness (QED) is 0.835. The van der Waals surface area contributed by atoms with Gasteiger partial charge in [0.25, 0.3) is 0 Å². The molecule has 2 aliphatic carbocycles. The minimum atomic E-state index is -4.15. The first kappa shape index (κ1) is 19.1. The number of carbonyl (C=O) groups is 2. The van der Waals surface area contributed by atoms with Crippen molar-refractivity contribution >= 4 is 11.9 Å². The van der Waals surface area contributed by atoms with E-state index in [-0.39, 0.29) is 31.1 Å². The van der Waals surface area contributed by atoms with Crippen molar-refractivity contribution in [2.75, 3.05) is 7.05 Å². The fourth-order valence-corrected chi connectivity index (χ4v) is 4.15. The molecule has 0 radical (unpaired) electrons. The first-order valence-corrected chi connectivity index (χ1v) is 8.73. The molecule has 1 amide bonds. The van der Waals surface area contributed by atoms with E-state index in [0.29, 0.717) is 25.7 Å². The predicted octanol–water partition coefficient (Wildman–Crippen LogP) is 3.99. The van der Waals surface area contributed by atoms with Crippen LogP contribution < -0.4 is 0 Å².